The van der Waals surface area contributed by atoms with Crippen molar-refractivity contribution in [3.8, 4) is 16.9 Å². The molecule has 0 radical (unpaired) electrons. The molecule has 2 heterocycles. The lowest BCUT2D eigenvalue weighted by atomic mass is 10.1. The molecule has 1 fully saturated rings. The minimum atomic E-state index is -3.05. The van der Waals surface area contributed by atoms with E-state index in [1.54, 1.807) is 13.1 Å². The van der Waals surface area contributed by atoms with Gasteiger partial charge in [0.25, 0.3) is 0 Å². The highest BCUT2D eigenvalue weighted by molar-refractivity contribution is 8.00. The van der Waals surface area contributed by atoms with Gasteiger partial charge >= 0.3 is 0 Å². The third kappa shape index (κ3) is 4.97. The number of rotatable bonds is 6. The van der Waals surface area contributed by atoms with Crippen molar-refractivity contribution < 1.29 is 13.2 Å². The average molecular weight is 476 g/mol. The van der Waals surface area contributed by atoms with E-state index in [9.17, 15) is 13.2 Å². The molecule has 0 bridgehead atoms. The maximum Gasteiger partial charge on any atom is 0.233 e. The van der Waals surface area contributed by atoms with Crippen molar-refractivity contribution in [3.63, 3.8) is 0 Å². The van der Waals surface area contributed by atoms with E-state index in [1.807, 2.05) is 59.2 Å². The fraction of sp³-hybridized carbons (Fsp3) is 0.273. The summed E-state index contributed by atoms with van der Waals surface area (Å²) in [6.07, 6.45) is 2.23. The molecule has 9 heteroatoms. The molecule has 31 heavy (non-hydrogen) atoms. The van der Waals surface area contributed by atoms with Crippen molar-refractivity contribution in [1.29, 1.82) is 0 Å². The number of carbonyl (C=O) groups excluding carboxylic acids is 1. The third-order valence-electron chi connectivity index (χ3n) is 5.12. The van der Waals surface area contributed by atoms with Gasteiger partial charge < -0.3 is 5.32 Å². The summed E-state index contributed by atoms with van der Waals surface area (Å²) in [7, 11) is -3.05. The van der Waals surface area contributed by atoms with Crippen LogP contribution in [0, 0.1) is 0 Å². The normalized spacial score (nSPS) is 18.6. The van der Waals surface area contributed by atoms with E-state index < -0.39 is 15.1 Å². The van der Waals surface area contributed by atoms with E-state index in [0.29, 0.717) is 16.6 Å². The van der Waals surface area contributed by atoms with Gasteiger partial charge in [-0.1, -0.05) is 65.8 Å². The molecular weight excluding hydrogens is 454 g/mol. The first-order valence-electron chi connectivity index (χ1n) is 9.89. The fourth-order valence-electron chi connectivity index (χ4n) is 3.54. The largest absolute Gasteiger partial charge is 0.351 e. The molecule has 1 aliphatic rings. The summed E-state index contributed by atoms with van der Waals surface area (Å²) in [5, 5.41) is 3.61. The number of aromatic nitrogens is 2. The number of nitrogens with zero attached hydrogens (tertiary/aromatic N) is 2. The Morgan fingerprint density at radius 2 is 1.90 bits per heavy atom. The second-order valence-electron chi connectivity index (χ2n) is 7.45. The molecule has 1 N–H and O–H groups in total. The van der Waals surface area contributed by atoms with Gasteiger partial charge in [-0.25, -0.2) is 13.4 Å². The number of sulfone groups is 1. The van der Waals surface area contributed by atoms with Crippen molar-refractivity contribution in [3.05, 3.63) is 65.8 Å². The summed E-state index contributed by atoms with van der Waals surface area (Å²) in [6.45, 7) is 1.79. The van der Waals surface area contributed by atoms with E-state index in [2.05, 4.69) is 10.3 Å². The Bertz CT molecular complexity index is 1200. The zero-order chi connectivity index (χ0) is 22.0. The van der Waals surface area contributed by atoms with Crippen LogP contribution in [0.3, 0.4) is 0 Å². The lowest BCUT2D eigenvalue weighted by Gasteiger charge is -2.17. The number of benzene rings is 2. The first-order chi connectivity index (χ1) is 14.8. The first kappa shape index (κ1) is 21.9. The molecule has 1 aliphatic heterocycles. The maximum absolute atomic E-state index is 12.7. The number of imidazole rings is 1. The van der Waals surface area contributed by atoms with E-state index in [-0.39, 0.29) is 23.5 Å². The Morgan fingerprint density at radius 3 is 2.58 bits per heavy atom. The zero-order valence-electron chi connectivity index (χ0n) is 16.9. The average Bonchev–Trinajstić information content (AvgIpc) is 3.31. The van der Waals surface area contributed by atoms with Gasteiger partial charge in [-0.15, -0.1) is 0 Å². The Balaban J connectivity index is 1.62. The highest BCUT2D eigenvalue weighted by Gasteiger charge is 2.30. The Hall–Kier alpha value is -2.29. The van der Waals surface area contributed by atoms with Crippen molar-refractivity contribution in [2.24, 2.45) is 0 Å². The fourth-order valence-corrected chi connectivity index (χ4v) is 6.34. The van der Waals surface area contributed by atoms with Crippen molar-refractivity contribution in [2.45, 2.75) is 29.8 Å². The molecule has 0 spiro atoms. The van der Waals surface area contributed by atoms with Crippen LogP contribution in [0.2, 0.25) is 5.02 Å². The molecule has 1 aromatic heterocycles. The number of halogens is 1. The van der Waals surface area contributed by atoms with Crippen LogP contribution in [-0.4, -0.2) is 46.7 Å². The van der Waals surface area contributed by atoms with Gasteiger partial charge in [-0.2, -0.15) is 0 Å². The van der Waals surface area contributed by atoms with Crippen LogP contribution in [0.15, 0.2) is 66.0 Å². The van der Waals surface area contributed by atoms with Crippen molar-refractivity contribution >= 4 is 39.1 Å². The highest BCUT2D eigenvalue weighted by Crippen LogP contribution is 2.34. The van der Waals surface area contributed by atoms with Gasteiger partial charge in [0.1, 0.15) is 0 Å². The number of thioether (sulfide) groups is 1. The number of para-hydroxylation sites is 1. The lowest BCUT2D eigenvalue weighted by molar-refractivity contribution is -0.120. The van der Waals surface area contributed by atoms with Crippen LogP contribution >= 0.6 is 23.4 Å². The number of nitrogens with one attached hydrogen (secondary N) is 1. The number of hydrogen-bond donors (Lipinski definition) is 1. The molecular formula is C22H22ClN3O3S2. The second kappa shape index (κ2) is 9.06. The van der Waals surface area contributed by atoms with Crippen LogP contribution in [0.4, 0.5) is 0 Å². The molecule has 0 unspecified atom stereocenters. The van der Waals surface area contributed by atoms with E-state index in [1.165, 1.54) is 11.8 Å². The van der Waals surface area contributed by atoms with Gasteiger partial charge in [0.05, 0.1) is 39.4 Å². The molecule has 0 saturated carbocycles. The van der Waals surface area contributed by atoms with Crippen LogP contribution < -0.4 is 5.32 Å². The first-order valence-corrected chi connectivity index (χ1v) is 13.0. The van der Waals surface area contributed by atoms with Crippen molar-refractivity contribution in [1.82, 2.24) is 14.9 Å². The molecule has 4 rings (SSSR count). The molecule has 2 aromatic carbocycles. The van der Waals surface area contributed by atoms with E-state index in [0.717, 1.165) is 16.9 Å². The SMILES string of the molecule is C[C@@H](Sc1ncc(-c2ccccc2)n1-c1ccccc1Cl)C(=O)N[C@@H]1CCS(=O)(=O)C1. The lowest BCUT2D eigenvalue weighted by Crippen LogP contribution is -2.40. The summed E-state index contributed by atoms with van der Waals surface area (Å²) in [4.78, 5) is 17.3. The molecule has 3 aromatic rings. The number of hydrogen-bond acceptors (Lipinski definition) is 5. The predicted octanol–water partition coefficient (Wildman–Crippen LogP) is 3.98. The molecule has 162 valence electrons. The topological polar surface area (TPSA) is 81.1 Å². The Morgan fingerprint density at radius 1 is 1.19 bits per heavy atom. The summed E-state index contributed by atoms with van der Waals surface area (Å²) in [5.41, 5.74) is 2.62. The van der Waals surface area contributed by atoms with Crippen LogP contribution in [0.1, 0.15) is 13.3 Å². The standard InChI is InChI=1S/C22H22ClN3O3S2/c1-15(21(27)25-17-11-12-31(28,29)14-17)30-22-24-13-20(16-7-3-2-4-8-16)26(22)19-10-6-5-9-18(19)23/h2-10,13,15,17H,11-12,14H2,1H3,(H,25,27)/t15-,17-/m1/s1. The van der Waals surface area contributed by atoms with Crippen LogP contribution in [-0.2, 0) is 14.6 Å². The smallest absolute Gasteiger partial charge is 0.233 e. The predicted molar refractivity (Wildman–Crippen MR) is 125 cm³/mol. The van der Waals surface area contributed by atoms with Crippen LogP contribution in [0.5, 0.6) is 0 Å². The maximum atomic E-state index is 12.7. The summed E-state index contributed by atoms with van der Waals surface area (Å²) in [6, 6.07) is 17.0. The van der Waals surface area contributed by atoms with E-state index >= 15 is 0 Å². The van der Waals surface area contributed by atoms with E-state index in [4.69, 9.17) is 11.6 Å². The number of carbonyl (C=O) groups is 1. The molecule has 6 nitrogen and oxygen atoms in total. The highest BCUT2D eigenvalue weighted by atomic mass is 35.5. The van der Waals surface area contributed by atoms with Crippen LogP contribution in [0.25, 0.3) is 16.9 Å². The molecule has 2 atom stereocenters. The van der Waals surface area contributed by atoms with Gasteiger partial charge in [0.15, 0.2) is 15.0 Å². The van der Waals surface area contributed by atoms with Gasteiger partial charge in [0.2, 0.25) is 5.91 Å². The molecule has 1 amide bonds. The quantitative estimate of drug-likeness (QED) is 0.545. The van der Waals surface area contributed by atoms with Gasteiger partial charge in [-0.3, -0.25) is 9.36 Å². The molecule has 0 aliphatic carbocycles. The third-order valence-corrected chi connectivity index (χ3v) is 8.28. The summed E-state index contributed by atoms with van der Waals surface area (Å²) < 4.78 is 25.3. The van der Waals surface area contributed by atoms with Gasteiger partial charge in [0, 0.05) is 11.6 Å². The summed E-state index contributed by atoms with van der Waals surface area (Å²) >= 11 is 7.80. The second-order valence-corrected chi connectivity index (χ2v) is 11.4. The minimum absolute atomic E-state index is 0.00251. The zero-order valence-corrected chi connectivity index (χ0v) is 19.3. The number of amides is 1. The van der Waals surface area contributed by atoms with Crippen molar-refractivity contribution in [2.75, 3.05) is 11.5 Å². The minimum Gasteiger partial charge on any atom is -0.351 e. The van der Waals surface area contributed by atoms with Gasteiger partial charge in [-0.05, 0) is 25.5 Å². The Labute approximate surface area is 190 Å². The monoisotopic (exact) mass is 475 g/mol. The molecule has 1 saturated heterocycles. The summed E-state index contributed by atoms with van der Waals surface area (Å²) in [5.74, 6) is -0.0821. The Kier molecular flexibility index (Phi) is 6.41.